The van der Waals surface area contributed by atoms with Crippen LogP contribution in [0.2, 0.25) is 0 Å². The summed E-state index contributed by atoms with van der Waals surface area (Å²) < 4.78 is 30.4. The Morgan fingerprint density at radius 1 is 1.26 bits per heavy atom. The van der Waals surface area contributed by atoms with E-state index in [0.717, 1.165) is 17.0 Å². The molecule has 7 heteroatoms. The van der Waals surface area contributed by atoms with E-state index in [9.17, 15) is 18.3 Å². The fraction of sp³-hybridized carbons (Fsp3) is 0.500. The van der Waals surface area contributed by atoms with Gasteiger partial charge >= 0.3 is 5.97 Å². The number of hydrogen-bond donors (Lipinski definition) is 2. The zero-order valence-electron chi connectivity index (χ0n) is 13.5. The zero-order valence-corrected chi connectivity index (χ0v) is 14.3. The van der Waals surface area contributed by atoms with E-state index in [1.54, 1.807) is 12.1 Å². The van der Waals surface area contributed by atoms with Crippen molar-refractivity contribution in [1.82, 2.24) is 0 Å². The summed E-state index contributed by atoms with van der Waals surface area (Å²) in [7, 11) is -3.99. The van der Waals surface area contributed by atoms with E-state index < -0.39 is 16.1 Å². The van der Waals surface area contributed by atoms with Gasteiger partial charge in [0.25, 0.3) is 10.1 Å². The van der Waals surface area contributed by atoms with Gasteiger partial charge in [-0.2, -0.15) is 8.42 Å². The van der Waals surface area contributed by atoms with Crippen LogP contribution >= 0.6 is 0 Å². The standard InChI is InChI=1S/C16H21NO5S/c1-10-16(2,3)14-11(6-4-5-9-23(20,21)22)12(15(18)19)7-8-13(14)17-10/h7-8H,4-6,9H2,1-3H3,(H,18,19)(H,20,21,22). The Morgan fingerprint density at radius 3 is 2.48 bits per heavy atom. The lowest BCUT2D eigenvalue weighted by Crippen LogP contribution is -2.25. The van der Waals surface area contributed by atoms with Gasteiger partial charge in [0.1, 0.15) is 0 Å². The number of hydrogen-bond acceptors (Lipinski definition) is 4. The fourth-order valence-corrected chi connectivity index (χ4v) is 3.54. The minimum absolute atomic E-state index is 0.230. The third-order valence-electron chi connectivity index (χ3n) is 4.42. The average molecular weight is 339 g/mol. The Kier molecular flexibility index (Phi) is 4.64. The monoisotopic (exact) mass is 339 g/mol. The van der Waals surface area contributed by atoms with E-state index >= 15 is 0 Å². The van der Waals surface area contributed by atoms with Crippen LogP contribution in [0.25, 0.3) is 0 Å². The van der Waals surface area contributed by atoms with E-state index in [1.807, 2.05) is 20.8 Å². The Morgan fingerprint density at radius 2 is 1.91 bits per heavy atom. The molecule has 2 rings (SSSR count). The minimum Gasteiger partial charge on any atom is -0.478 e. The van der Waals surface area contributed by atoms with Gasteiger partial charge in [-0.1, -0.05) is 13.8 Å². The molecule has 2 N–H and O–H groups in total. The van der Waals surface area contributed by atoms with Crippen molar-refractivity contribution >= 4 is 27.5 Å². The number of benzene rings is 1. The van der Waals surface area contributed by atoms with Gasteiger partial charge in [0.05, 0.1) is 17.0 Å². The first-order valence-electron chi connectivity index (χ1n) is 7.44. The molecule has 0 aromatic heterocycles. The molecule has 1 aromatic carbocycles. The van der Waals surface area contributed by atoms with Crippen LogP contribution in [0.5, 0.6) is 0 Å². The molecule has 126 valence electrons. The number of carboxylic acid groups (broad SMARTS) is 1. The first-order chi connectivity index (χ1) is 10.5. The first kappa shape index (κ1) is 17.6. The second-order valence-electron chi connectivity index (χ2n) is 6.36. The zero-order chi connectivity index (χ0) is 17.4. The summed E-state index contributed by atoms with van der Waals surface area (Å²) in [4.78, 5) is 16.1. The second-order valence-corrected chi connectivity index (χ2v) is 7.93. The maximum atomic E-state index is 11.5. The van der Waals surface area contributed by atoms with Gasteiger partial charge in [-0.3, -0.25) is 9.55 Å². The van der Waals surface area contributed by atoms with E-state index in [4.69, 9.17) is 4.55 Å². The van der Waals surface area contributed by atoms with Gasteiger partial charge < -0.3 is 5.11 Å². The van der Waals surface area contributed by atoms with Crippen molar-refractivity contribution in [1.29, 1.82) is 0 Å². The molecule has 0 spiro atoms. The first-order valence-corrected chi connectivity index (χ1v) is 9.05. The summed E-state index contributed by atoms with van der Waals surface area (Å²) in [6.45, 7) is 5.93. The molecule has 1 aromatic rings. The molecule has 0 saturated carbocycles. The van der Waals surface area contributed by atoms with E-state index in [1.165, 1.54) is 0 Å². The highest BCUT2D eigenvalue weighted by Crippen LogP contribution is 2.43. The van der Waals surface area contributed by atoms with E-state index in [0.29, 0.717) is 18.4 Å². The molecule has 0 unspecified atom stereocenters. The lowest BCUT2D eigenvalue weighted by atomic mass is 9.77. The van der Waals surface area contributed by atoms with Crippen molar-refractivity contribution in [2.24, 2.45) is 4.99 Å². The smallest absolute Gasteiger partial charge is 0.335 e. The Hall–Kier alpha value is -1.73. The Labute approximate surface area is 136 Å². The van der Waals surface area contributed by atoms with E-state index in [-0.39, 0.29) is 23.2 Å². The Balaban J connectivity index is 2.35. The SMILES string of the molecule is CC1=Nc2ccc(C(=O)O)c(CCCCS(=O)(=O)O)c2C1(C)C. The number of nitrogens with zero attached hydrogens (tertiary/aromatic N) is 1. The normalized spacial score (nSPS) is 16.1. The highest BCUT2D eigenvalue weighted by atomic mass is 32.2. The Bertz CT molecular complexity index is 778. The van der Waals surface area contributed by atoms with Crippen LogP contribution in [0.3, 0.4) is 0 Å². The summed E-state index contributed by atoms with van der Waals surface area (Å²) in [5, 5.41) is 9.45. The second kappa shape index (κ2) is 6.05. The number of carboxylic acids is 1. The molecule has 0 atom stereocenters. The van der Waals surface area contributed by atoms with Gasteiger partial charge in [0.2, 0.25) is 0 Å². The number of aliphatic imine (C=N–C) groups is 1. The van der Waals surface area contributed by atoms with Crippen LogP contribution in [-0.2, 0) is 22.0 Å². The van der Waals surface area contributed by atoms with Crippen molar-refractivity contribution in [3.63, 3.8) is 0 Å². The fourth-order valence-electron chi connectivity index (χ4n) is 2.97. The van der Waals surface area contributed by atoms with Gasteiger partial charge in [0, 0.05) is 11.1 Å². The van der Waals surface area contributed by atoms with Crippen LogP contribution < -0.4 is 0 Å². The number of rotatable bonds is 6. The summed E-state index contributed by atoms with van der Waals surface area (Å²) in [6.07, 6.45) is 1.19. The third-order valence-corrected chi connectivity index (χ3v) is 5.22. The molecule has 0 aliphatic carbocycles. The predicted molar refractivity (Wildman–Crippen MR) is 88.5 cm³/mol. The molecular formula is C16H21NO5S. The highest BCUT2D eigenvalue weighted by Gasteiger charge is 2.36. The molecule has 6 nitrogen and oxygen atoms in total. The molecule has 23 heavy (non-hydrogen) atoms. The van der Waals surface area contributed by atoms with E-state index in [2.05, 4.69) is 4.99 Å². The minimum atomic E-state index is -3.99. The maximum Gasteiger partial charge on any atom is 0.335 e. The number of carbonyl (C=O) groups is 1. The van der Waals surface area contributed by atoms with Crippen LogP contribution in [-0.4, -0.2) is 35.5 Å². The summed E-state index contributed by atoms with van der Waals surface area (Å²) >= 11 is 0. The van der Waals surface area contributed by atoms with Gasteiger partial charge in [-0.25, -0.2) is 4.79 Å². The van der Waals surface area contributed by atoms with Crippen LogP contribution in [0.15, 0.2) is 17.1 Å². The van der Waals surface area contributed by atoms with Gasteiger partial charge in [-0.05, 0) is 49.4 Å². The molecule has 1 heterocycles. The molecule has 0 amide bonds. The molecule has 0 radical (unpaired) electrons. The lowest BCUT2D eigenvalue weighted by molar-refractivity contribution is 0.0695. The molecule has 1 aliphatic heterocycles. The number of aromatic carboxylic acids is 1. The highest BCUT2D eigenvalue weighted by molar-refractivity contribution is 7.85. The largest absolute Gasteiger partial charge is 0.478 e. The topological polar surface area (TPSA) is 104 Å². The number of unbranched alkanes of at least 4 members (excludes halogenated alkanes) is 1. The molecule has 1 aliphatic rings. The van der Waals surface area contributed by atoms with Crippen LogP contribution in [0.4, 0.5) is 5.69 Å². The molecule has 0 bridgehead atoms. The quantitative estimate of drug-likeness (QED) is 0.612. The molecule has 0 saturated heterocycles. The average Bonchev–Trinajstić information content (AvgIpc) is 2.64. The third kappa shape index (κ3) is 3.61. The van der Waals surface area contributed by atoms with Crippen molar-refractivity contribution < 1.29 is 22.9 Å². The van der Waals surface area contributed by atoms with Crippen molar-refractivity contribution in [3.8, 4) is 0 Å². The summed E-state index contributed by atoms with van der Waals surface area (Å²) in [5.74, 6) is -1.32. The van der Waals surface area contributed by atoms with Gasteiger partial charge in [-0.15, -0.1) is 0 Å². The van der Waals surface area contributed by atoms with Crippen LogP contribution in [0, 0.1) is 0 Å². The maximum absolute atomic E-state index is 11.5. The summed E-state index contributed by atoms with van der Waals surface area (Å²) in [6, 6.07) is 3.27. The molecule has 0 fully saturated rings. The summed E-state index contributed by atoms with van der Waals surface area (Å²) in [5.41, 5.74) is 3.20. The van der Waals surface area contributed by atoms with Crippen molar-refractivity contribution in [2.45, 2.75) is 45.4 Å². The lowest BCUT2D eigenvalue weighted by Gasteiger charge is -2.24. The number of fused-ring (bicyclic) bond motifs is 1. The van der Waals surface area contributed by atoms with Crippen molar-refractivity contribution in [2.75, 3.05) is 5.75 Å². The van der Waals surface area contributed by atoms with Gasteiger partial charge in [0.15, 0.2) is 0 Å². The van der Waals surface area contributed by atoms with Crippen LogP contribution in [0.1, 0.15) is 55.1 Å². The molecular weight excluding hydrogens is 318 g/mol. The van der Waals surface area contributed by atoms with Crippen molar-refractivity contribution in [3.05, 3.63) is 28.8 Å². The predicted octanol–water partition coefficient (Wildman–Crippen LogP) is 2.98.